The van der Waals surface area contributed by atoms with E-state index < -0.39 is 5.91 Å². The molecule has 2 amide bonds. The third kappa shape index (κ3) is 7.28. The maximum atomic E-state index is 13.1. The van der Waals surface area contributed by atoms with Crippen LogP contribution in [-0.4, -0.2) is 73.2 Å². The molecule has 1 saturated heterocycles. The number of benzene rings is 3. The third-order valence-electron chi connectivity index (χ3n) is 5.91. The van der Waals surface area contributed by atoms with Gasteiger partial charge in [-0.05, 0) is 55.7 Å². The fourth-order valence-electron chi connectivity index (χ4n) is 3.89. The van der Waals surface area contributed by atoms with Gasteiger partial charge in [-0.15, -0.1) is 0 Å². The highest BCUT2D eigenvalue weighted by Crippen LogP contribution is 2.20. The summed E-state index contributed by atoms with van der Waals surface area (Å²) < 4.78 is 11.5. The van der Waals surface area contributed by atoms with E-state index in [0.717, 1.165) is 18.8 Å². The third-order valence-corrected chi connectivity index (χ3v) is 6.11. The van der Waals surface area contributed by atoms with Crippen LogP contribution in [0.4, 0.5) is 5.69 Å². The van der Waals surface area contributed by atoms with E-state index in [4.69, 9.17) is 21.7 Å². The number of nitrogens with one attached hydrogen (secondary N) is 2. The van der Waals surface area contributed by atoms with Crippen molar-refractivity contribution in [3.05, 3.63) is 90.0 Å². The van der Waals surface area contributed by atoms with Gasteiger partial charge >= 0.3 is 0 Å². The Morgan fingerprint density at radius 2 is 1.43 bits per heavy atom. The van der Waals surface area contributed by atoms with Crippen LogP contribution in [0.3, 0.4) is 0 Å². The van der Waals surface area contributed by atoms with E-state index in [1.807, 2.05) is 54.4 Å². The number of rotatable bonds is 8. The fraction of sp³-hybridized carbons (Fsp3) is 0.250. The Kier molecular flexibility index (Phi) is 9.07. The Balaban J connectivity index is 1.34. The normalized spacial score (nSPS) is 13.5. The Hall–Kier alpha value is -3.95. The van der Waals surface area contributed by atoms with Crippen LogP contribution in [0.15, 0.2) is 78.9 Å². The number of nitrogens with zero attached hydrogens (tertiary/aromatic N) is 2. The van der Waals surface area contributed by atoms with Crippen molar-refractivity contribution in [2.45, 2.75) is 0 Å². The average molecular weight is 519 g/mol. The molecule has 3 aromatic rings. The summed E-state index contributed by atoms with van der Waals surface area (Å²) in [6.45, 7) is 3.59. The molecule has 0 aliphatic carbocycles. The lowest BCUT2D eigenvalue weighted by atomic mass is 10.1. The predicted molar refractivity (Wildman–Crippen MR) is 147 cm³/mol. The van der Waals surface area contributed by atoms with Crippen molar-refractivity contribution < 1.29 is 19.1 Å². The van der Waals surface area contributed by atoms with Crippen molar-refractivity contribution in [3.8, 4) is 11.5 Å². The maximum absolute atomic E-state index is 13.1. The van der Waals surface area contributed by atoms with E-state index in [0.29, 0.717) is 42.3 Å². The van der Waals surface area contributed by atoms with Gasteiger partial charge in [0.2, 0.25) is 0 Å². The Labute approximate surface area is 222 Å². The van der Waals surface area contributed by atoms with Crippen LogP contribution in [-0.2, 0) is 0 Å². The standard InChI is InChI=1S/C28H30N4O4S/c1-31-15-17-32(18-16-31)27(34)22-11-5-7-13-24(22)29-28(37)30-26(33)23-12-6-8-14-25(23)36-20-19-35-21-9-3-2-4-10-21/h2-14H,15-20H2,1H3,(H2,29,30,33,37). The van der Waals surface area contributed by atoms with Gasteiger partial charge in [-0.3, -0.25) is 14.9 Å². The van der Waals surface area contributed by atoms with Crippen molar-refractivity contribution >= 4 is 34.8 Å². The molecule has 0 unspecified atom stereocenters. The quantitative estimate of drug-likeness (QED) is 0.348. The highest BCUT2D eigenvalue weighted by molar-refractivity contribution is 7.80. The zero-order chi connectivity index (χ0) is 26.0. The highest BCUT2D eigenvalue weighted by Gasteiger charge is 2.23. The van der Waals surface area contributed by atoms with Crippen LogP contribution in [0.5, 0.6) is 11.5 Å². The van der Waals surface area contributed by atoms with Gasteiger partial charge in [0.15, 0.2) is 5.11 Å². The lowest BCUT2D eigenvalue weighted by molar-refractivity contribution is 0.0665. The Morgan fingerprint density at radius 1 is 0.811 bits per heavy atom. The number of hydrogen-bond donors (Lipinski definition) is 2. The summed E-state index contributed by atoms with van der Waals surface area (Å²) >= 11 is 5.40. The molecule has 1 aliphatic rings. The van der Waals surface area contributed by atoms with Crippen molar-refractivity contribution in [2.75, 3.05) is 51.8 Å². The van der Waals surface area contributed by atoms with Gasteiger partial charge in [0.1, 0.15) is 24.7 Å². The molecule has 2 N–H and O–H groups in total. The number of likely N-dealkylation sites (N-methyl/N-ethyl adjacent to an activating group) is 1. The van der Waals surface area contributed by atoms with Gasteiger partial charge in [-0.1, -0.05) is 42.5 Å². The number of amides is 2. The van der Waals surface area contributed by atoms with Gasteiger partial charge in [0, 0.05) is 26.2 Å². The molecule has 1 fully saturated rings. The summed E-state index contributed by atoms with van der Waals surface area (Å²) in [6, 6.07) is 23.5. The van der Waals surface area contributed by atoms with Crippen molar-refractivity contribution in [3.63, 3.8) is 0 Å². The van der Waals surface area contributed by atoms with Crippen molar-refractivity contribution in [1.82, 2.24) is 15.1 Å². The smallest absolute Gasteiger partial charge is 0.261 e. The molecule has 8 nitrogen and oxygen atoms in total. The Morgan fingerprint density at radius 3 is 2.19 bits per heavy atom. The summed E-state index contributed by atoms with van der Waals surface area (Å²) in [6.07, 6.45) is 0. The van der Waals surface area contributed by atoms with Gasteiger partial charge in [-0.2, -0.15) is 0 Å². The first-order valence-corrected chi connectivity index (χ1v) is 12.5. The largest absolute Gasteiger partial charge is 0.490 e. The lowest BCUT2D eigenvalue weighted by Gasteiger charge is -2.32. The molecule has 0 radical (unpaired) electrons. The molecule has 1 aliphatic heterocycles. The predicted octanol–water partition coefficient (Wildman–Crippen LogP) is 3.66. The van der Waals surface area contributed by atoms with Gasteiger partial charge in [0.05, 0.1) is 16.8 Å². The maximum Gasteiger partial charge on any atom is 0.261 e. The number of carbonyl (C=O) groups is 2. The van der Waals surface area contributed by atoms with E-state index in [1.54, 1.807) is 36.4 Å². The Bertz CT molecular complexity index is 1230. The molecule has 1 heterocycles. The van der Waals surface area contributed by atoms with Crippen molar-refractivity contribution in [1.29, 1.82) is 0 Å². The molecular weight excluding hydrogens is 488 g/mol. The topological polar surface area (TPSA) is 83.1 Å². The van der Waals surface area contributed by atoms with Crippen LogP contribution >= 0.6 is 12.2 Å². The highest BCUT2D eigenvalue weighted by atomic mass is 32.1. The molecule has 0 bridgehead atoms. The number of thiocarbonyl (C=S) groups is 1. The van der Waals surface area contributed by atoms with Gasteiger partial charge in [0.25, 0.3) is 11.8 Å². The molecular formula is C28H30N4O4S. The zero-order valence-electron chi connectivity index (χ0n) is 20.7. The summed E-state index contributed by atoms with van der Waals surface area (Å²) in [4.78, 5) is 30.1. The van der Waals surface area contributed by atoms with E-state index >= 15 is 0 Å². The van der Waals surface area contributed by atoms with E-state index in [2.05, 4.69) is 15.5 Å². The lowest BCUT2D eigenvalue weighted by Crippen LogP contribution is -2.47. The van der Waals surface area contributed by atoms with Gasteiger partial charge < -0.3 is 24.6 Å². The van der Waals surface area contributed by atoms with E-state index in [1.165, 1.54) is 0 Å². The number of piperazine rings is 1. The minimum atomic E-state index is -0.417. The zero-order valence-corrected chi connectivity index (χ0v) is 21.5. The number of para-hydroxylation sites is 3. The molecule has 3 aromatic carbocycles. The molecule has 9 heteroatoms. The van der Waals surface area contributed by atoms with Crippen LogP contribution in [0.25, 0.3) is 0 Å². The first-order chi connectivity index (χ1) is 18.0. The summed E-state index contributed by atoms with van der Waals surface area (Å²) in [7, 11) is 2.04. The van der Waals surface area contributed by atoms with Crippen LogP contribution in [0, 0.1) is 0 Å². The second kappa shape index (κ2) is 12.8. The van der Waals surface area contributed by atoms with Crippen LogP contribution in [0.2, 0.25) is 0 Å². The number of carbonyl (C=O) groups excluding carboxylic acids is 2. The molecule has 0 aromatic heterocycles. The minimum absolute atomic E-state index is 0.0678. The molecule has 37 heavy (non-hydrogen) atoms. The number of hydrogen-bond acceptors (Lipinski definition) is 6. The molecule has 192 valence electrons. The molecule has 0 atom stereocenters. The van der Waals surface area contributed by atoms with E-state index in [-0.39, 0.29) is 17.6 Å². The number of ether oxygens (including phenoxy) is 2. The van der Waals surface area contributed by atoms with Gasteiger partial charge in [-0.25, -0.2) is 0 Å². The SMILES string of the molecule is CN1CCN(C(=O)c2ccccc2NC(=S)NC(=O)c2ccccc2OCCOc2ccccc2)CC1. The molecule has 0 saturated carbocycles. The van der Waals surface area contributed by atoms with Crippen molar-refractivity contribution in [2.24, 2.45) is 0 Å². The van der Waals surface area contributed by atoms with E-state index in [9.17, 15) is 9.59 Å². The van der Waals surface area contributed by atoms with Crippen LogP contribution < -0.4 is 20.1 Å². The minimum Gasteiger partial charge on any atom is -0.490 e. The first-order valence-electron chi connectivity index (χ1n) is 12.1. The molecule has 0 spiro atoms. The summed E-state index contributed by atoms with van der Waals surface area (Å²) in [5, 5.41) is 5.79. The average Bonchev–Trinajstić information content (AvgIpc) is 2.92. The summed E-state index contributed by atoms with van der Waals surface area (Å²) in [5.74, 6) is 0.687. The number of anilines is 1. The molecule has 4 rings (SSSR count). The second-order valence-electron chi connectivity index (χ2n) is 8.56. The first kappa shape index (κ1) is 26.1. The monoisotopic (exact) mass is 518 g/mol. The van der Waals surface area contributed by atoms with Crippen LogP contribution in [0.1, 0.15) is 20.7 Å². The fourth-order valence-corrected chi connectivity index (χ4v) is 4.09. The summed E-state index contributed by atoms with van der Waals surface area (Å²) in [5.41, 5.74) is 1.39. The second-order valence-corrected chi connectivity index (χ2v) is 8.96.